The molecule has 1 atom stereocenters. The van der Waals surface area contributed by atoms with Crippen molar-refractivity contribution >= 4 is 17.6 Å². The molecule has 0 fully saturated rings. The van der Waals surface area contributed by atoms with Crippen LogP contribution in [0, 0.1) is 0 Å². The number of thioether (sulfide) groups is 1. The topological polar surface area (TPSA) is 71.8 Å². The van der Waals surface area contributed by atoms with Crippen molar-refractivity contribution in [3.63, 3.8) is 0 Å². The largest absolute Gasteiger partial charge is 0.383 e. The zero-order chi connectivity index (χ0) is 12.3. The van der Waals surface area contributed by atoms with Crippen LogP contribution >= 0.6 is 11.8 Å². The minimum absolute atomic E-state index is 0.209. The second-order valence-electron chi connectivity index (χ2n) is 3.65. The molecule has 0 saturated heterocycles. The molecule has 1 aromatic carbocycles. The molecule has 1 heterocycles. The number of nitrogen functional groups attached to an aromatic ring is 1. The van der Waals surface area contributed by atoms with Gasteiger partial charge in [-0.25, -0.2) is 4.98 Å². The first kappa shape index (κ1) is 11.7. The van der Waals surface area contributed by atoms with Gasteiger partial charge in [0.1, 0.15) is 5.82 Å². The van der Waals surface area contributed by atoms with Crippen molar-refractivity contribution in [2.24, 2.45) is 0 Å². The van der Waals surface area contributed by atoms with E-state index < -0.39 is 0 Å². The van der Waals surface area contributed by atoms with Crippen molar-refractivity contribution in [1.29, 1.82) is 0 Å². The fourth-order valence-corrected chi connectivity index (χ4v) is 2.41. The molecule has 0 unspecified atom stereocenters. The molecule has 2 aromatic rings. The highest BCUT2D eigenvalue weighted by Gasteiger charge is 2.09. The molecule has 4 nitrogen and oxygen atoms in total. The van der Waals surface area contributed by atoms with Gasteiger partial charge in [0.05, 0.1) is 0 Å². The summed E-state index contributed by atoms with van der Waals surface area (Å²) in [5.41, 5.74) is 6.49. The number of rotatable bonds is 3. The van der Waals surface area contributed by atoms with Crippen molar-refractivity contribution < 1.29 is 0 Å². The zero-order valence-electron chi connectivity index (χ0n) is 9.38. The van der Waals surface area contributed by atoms with E-state index in [0.29, 0.717) is 5.16 Å². The van der Waals surface area contributed by atoms with E-state index in [1.807, 2.05) is 30.3 Å². The molecule has 0 bridgehead atoms. The number of H-pyrrole nitrogens is 1. The van der Waals surface area contributed by atoms with Crippen LogP contribution in [0.1, 0.15) is 17.7 Å². The van der Waals surface area contributed by atoms with Crippen molar-refractivity contribution in [2.45, 2.75) is 17.3 Å². The van der Waals surface area contributed by atoms with Crippen molar-refractivity contribution in [2.75, 3.05) is 5.73 Å². The maximum absolute atomic E-state index is 11.2. The summed E-state index contributed by atoms with van der Waals surface area (Å²) in [6.07, 6.45) is 0. The van der Waals surface area contributed by atoms with Crippen LogP contribution in [0.3, 0.4) is 0 Å². The summed E-state index contributed by atoms with van der Waals surface area (Å²) in [6, 6.07) is 11.3. The lowest BCUT2D eigenvalue weighted by molar-refractivity contribution is 0.933. The average molecular weight is 247 g/mol. The van der Waals surface area contributed by atoms with Gasteiger partial charge in [-0.15, -0.1) is 0 Å². The molecule has 0 amide bonds. The molecule has 0 aliphatic rings. The number of anilines is 1. The summed E-state index contributed by atoms with van der Waals surface area (Å²) < 4.78 is 0. The van der Waals surface area contributed by atoms with Gasteiger partial charge in [0.15, 0.2) is 5.16 Å². The van der Waals surface area contributed by atoms with Gasteiger partial charge in [0.2, 0.25) is 0 Å². The Kier molecular flexibility index (Phi) is 3.49. The highest BCUT2D eigenvalue weighted by atomic mass is 32.2. The van der Waals surface area contributed by atoms with E-state index in [1.54, 1.807) is 0 Å². The van der Waals surface area contributed by atoms with Gasteiger partial charge in [0.25, 0.3) is 5.56 Å². The maximum Gasteiger partial charge on any atom is 0.253 e. The van der Waals surface area contributed by atoms with Crippen LogP contribution in [0.15, 0.2) is 46.3 Å². The van der Waals surface area contributed by atoms with E-state index in [0.717, 1.165) is 0 Å². The normalized spacial score (nSPS) is 12.3. The first-order valence-corrected chi connectivity index (χ1v) is 6.11. The Morgan fingerprint density at radius 2 is 2.06 bits per heavy atom. The van der Waals surface area contributed by atoms with E-state index in [2.05, 4.69) is 16.9 Å². The molecule has 2 rings (SSSR count). The standard InChI is InChI=1S/C12H13N3OS/c1-8(9-5-3-2-4-6-9)17-12-14-10(13)7-11(16)15-12/h2-8H,1H3,(H3,13,14,15,16)/t8-/m1/s1. The van der Waals surface area contributed by atoms with E-state index in [-0.39, 0.29) is 16.6 Å². The van der Waals surface area contributed by atoms with E-state index in [4.69, 9.17) is 5.73 Å². The molecule has 5 heteroatoms. The molecule has 17 heavy (non-hydrogen) atoms. The fourth-order valence-electron chi connectivity index (χ4n) is 1.47. The van der Waals surface area contributed by atoms with Crippen molar-refractivity contribution in [3.8, 4) is 0 Å². The SMILES string of the molecule is C[C@@H](Sc1nc(N)cc(=O)[nH]1)c1ccccc1. The summed E-state index contributed by atoms with van der Waals surface area (Å²) in [7, 11) is 0. The van der Waals surface area contributed by atoms with Gasteiger partial charge in [-0.2, -0.15) is 0 Å². The third-order valence-electron chi connectivity index (χ3n) is 2.30. The number of aromatic amines is 1. The highest BCUT2D eigenvalue weighted by molar-refractivity contribution is 7.99. The number of nitrogens with two attached hydrogens (primary N) is 1. The molecular weight excluding hydrogens is 234 g/mol. The Hall–Kier alpha value is -1.75. The van der Waals surface area contributed by atoms with Crippen LogP contribution in [0.25, 0.3) is 0 Å². The summed E-state index contributed by atoms with van der Waals surface area (Å²) in [5.74, 6) is 0.247. The lowest BCUT2D eigenvalue weighted by Gasteiger charge is -2.10. The molecule has 3 N–H and O–H groups in total. The van der Waals surface area contributed by atoms with E-state index >= 15 is 0 Å². The molecular formula is C12H13N3OS. The Labute approximate surface area is 103 Å². The van der Waals surface area contributed by atoms with Crippen LogP contribution in [-0.2, 0) is 0 Å². The van der Waals surface area contributed by atoms with Gasteiger partial charge < -0.3 is 10.7 Å². The number of hydrogen-bond acceptors (Lipinski definition) is 4. The average Bonchev–Trinajstić information content (AvgIpc) is 2.28. The summed E-state index contributed by atoms with van der Waals surface area (Å²) in [6.45, 7) is 2.06. The predicted octanol–water partition coefficient (Wildman–Crippen LogP) is 2.21. The van der Waals surface area contributed by atoms with Crippen LogP contribution in [-0.4, -0.2) is 9.97 Å². The van der Waals surface area contributed by atoms with Crippen molar-refractivity contribution in [1.82, 2.24) is 9.97 Å². The van der Waals surface area contributed by atoms with Crippen LogP contribution in [0.2, 0.25) is 0 Å². The van der Waals surface area contributed by atoms with Gasteiger partial charge in [-0.1, -0.05) is 42.1 Å². The Bertz CT molecular complexity index is 553. The van der Waals surface area contributed by atoms with Crippen molar-refractivity contribution in [3.05, 3.63) is 52.3 Å². The third-order valence-corrected chi connectivity index (χ3v) is 3.34. The molecule has 0 aliphatic carbocycles. The Morgan fingerprint density at radius 1 is 1.35 bits per heavy atom. The summed E-state index contributed by atoms with van der Waals surface area (Å²) in [4.78, 5) is 18.0. The number of aromatic nitrogens is 2. The van der Waals surface area contributed by atoms with E-state index in [1.165, 1.54) is 23.4 Å². The first-order valence-electron chi connectivity index (χ1n) is 5.23. The quantitative estimate of drug-likeness (QED) is 0.644. The summed E-state index contributed by atoms with van der Waals surface area (Å²) in [5, 5.41) is 0.757. The molecule has 0 saturated carbocycles. The smallest absolute Gasteiger partial charge is 0.253 e. The van der Waals surface area contributed by atoms with Crippen LogP contribution in [0.4, 0.5) is 5.82 Å². The third kappa shape index (κ3) is 3.10. The molecule has 88 valence electrons. The second kappa shape index (κ2) is 5.05. The van der Waals surface area contributed by atoms with Gasteiger partial charge >= 0.3 is 0 Å². The predicted molar refractivity (Wildman–Crippen MR) is 70.0 cm³/mol. The zero-order valence-corrected chi connectivity index (χ0v) is 10.2. The minimum atomic E-state index is -0.222. The van der Waals surface area contributed by atoms with Gasteiger partial charge in [-0.3, -0.25) is 4.79 Å². The van der Waals surface area contributed by atoms with Gasteiger partial charge in [-0.05, 0) is 12.5 Å². The summed E-state index contributed by atoms with van der Waals surface area (Å²) >= 11 is 1.48. The maximum atomic E-state index is 11.2. The first-order chi connectivity index (χ1) is 8.15. The van der Waals surface area contributed by atoms with Crippen LogP contribution < -0.4 is 11.3 Å². The number of nitrogens with one attached hydrogen (secondary N) is 1. The molecule has 0 radical (unpaired) electrons. The van der Waals surface area contributed by atoms with E-state index in [9.17, 15) is 4.79 Å². The number of benzene rings is 1. The second-order valence-corrected chi connectivity index (χ2v) is 4.98. The molecule has 0 spiro atoms. The number of nitrogens with zero attached hydrogens (tertiary/aromatic N) is 1. The van der Waals surface area contributed by atoms with Gasteiger partial charge in [0, 0.05) is 11.3 Å². The Balaban J connectivity index is 2.18. The minimum Gasteiger partial charge on any atom is -0.383 e. The Morgan fingerprint density at radius 3 is 2.71 bits per heavy atom. The molecule has 0 aliphatic heterocycles. The highest BCUT2D eigenvalue weighted by Crippen LogP contribution is 2.31. The fraction of sp³-hybridized carbons (Fsp3) is 0.167. The lowest BCUT2D eigenvalue weighted by Crippen LogP contribution is -2.09. The monoisotopic (exact) mass is 247 g/mol. The van der Waals surface area contributed by atoms with Crippen LogP contribution in [0.5, 0.6) is 0 Å². The lowest BCUT2D eigenvalue weighted by atomic mass is 10.2. The molecule has 1 aromatic heterocycles. The number of hydrogen-bond donors (Lipinski definition) is 2.